The number of likely N-dealkylation sites (tertiary alicyclic amines) is 1. The zero-order chi connectivity index (χ0) is 12.3. The molecule has 2 heteroatoms. The van der Waals surface area contributed by atoms with Crippen LogP contribution in [0, 0.1) is 11.8 Å². The maximum Gasteiger partial charge on any atom is 0.0110 e. The fraction of sp³-hybridized carbons (Fsp3) is 1.00. The van der Waals surface area contributed by atoms with Crippen LogP contribution in [0.4, 0.5) is 0 Å². The molecule has 0 bridgehead atoms. The highest BCUT2D eigenvalue weighted by Gasteiger charge is 2.25. The van der Waals surface area contributed by atoms with E-state index in [2.05, 4.69) is 31.0 Å². The van der Waals surface area contributed by atoms with E-state index in [0.717, 1.165) is 23.9 Å². The molecule has 0 spiro atoms. The SMILES string of the molecule is CC1CCCC(NCCN2CC(C)CC2C)C1. The Morgan fingerprint density at radius 2 is 1.88 bits per heavy atom. The lowest BCUT2D eigenvalue weighted by Gasteiger charge is -2.29. The first kappa shape index (κ1) is 13.4. The molecule has 100 valence electrons. The Morgan fingerprint density at radius 3 is 2.53 bits per heavy atom. The highest BCUT2D eigenvalue weighted by atomic mass is 15.2. The molecule has 2 nitrogen and oxygen atoms in total. The highest BCUT2D eigenvalue weighted by Crippen LogP contribution is 2.24. The van der Waals surface area contributed by atoms with Crippen molar-refractivity contribution < 1.29 is 0 Å². The zero-order valence-corrected chi connectivity index (χ0v) is 11.9. The van der Waals surface area contributed by atoms with Crippen LogP contribution in [-0.2, 0) is 0 Å². The summed E-state index contributed by atoms with van der Waals surface area (Å²) in [6.07, 6.45) is 7.05. The molecule has 4 unspecified atom stereocenters. The van der Waals surface area contributed by atoms with Crippen molar-refractivity contribution >= 4 is 0 Å². The topological polar surface area (TPSA) is 15.3 Å². The number of hydrogen-bond donors (Lipinski definition) is 1. The Bertz CT molecular complexity index is 229. The molecule has 1 N–H and O–H groups in total. The van der Waals surface area contributed by atoms with E-state index in [0.29, 0.717) is 0 Å². The standard InChI is InChI=1S/C15H30N2/c1-12-5-4-6-15(10-12)16-7-8-17-11-13(2)9-14(17)3/h12-16H,4-11H2,1-3H3. The first-order valence-electron chi connectivity index (χ1n) is 7.62. The number of hydrogen-bond acceptors (Lipinski definition) is 2. The van der Waals surface area contributed by atoms with E-state index in [1.807, 2.05) is 0 Å². The fourth-order valence-electron chi connectivity index (χ4n) is 3.73. The Kier molecular flexibility index (Phi) is 4.87. The summed E-state index contributed by atoms with van der Waals surface area (Å²) in [5, 5.41) is 3.77. The van der Waals surface area contributed by atoms with E-state index in [1.165, 1.54) is 51.7 Å². The minimum Gasteiger partial charge on any atom is -0.313 e. The van der Waals surface area contributed by atoms with Gasteiger partial charge in [-0.3, -0.25) is 4.90 Å². The van der Waals surface area contributed by atoms with Gasteiger partial charge in [-0.25, -0.2) is 0 Å². The summed E-state index contributed by atoms with van der Waals surface area (Å²) in [5.41, 5.74) is 0. The lowest BCUT2D eigenvalue weighted by Crippen LogP contribution is -2.40. The molecule has 0 amide bonds. The van der Waals surface area contributed by atoms with Crippen molar-refractivity contribution in [3.05, 3.63) is 0 Å². The van der Waals surface area contributed by atoms with Crippen LogP contribution in [0.3, 0.4) is 0 Å². The summed E-state index contributed by atoms with van der Waals surface area (Å²) in [6.45, 7) is 10.9. The van der Waals surface area contributed by atoms with Gasteiger partial charge in [-0.2, -0.15) is 0 Å². The Morgan fingerprint density at radius 1 is 1.06 bits per heavy atom. The van der Waals surface area contributed by atoms with Gasteiger partial charge in [0.15, 0.2) is 0 Å². The van der Waals surface area contributed by atoms with E-state index in [-0.39, 0.29) is 0 Å². The second kappa shape index (κ2) is 6.19. The van der Waals surface area contributed by atoms with Gasteiger partial charge in [0.05, 0.1) is 0 Å². The Labute approximate surface area is 107 Å². The average molecular weight is 238 g/mol. The van der Waals surface area contributed by atoms with Crippen LogP contribution in [0.15, 0.2) is 0 Å². The van der Waals surface area contributed by atoms with E-state index in [9.17, 15) is 0 Å². The van der Waals surface area contributed by atoms with Gasteiger partial charge in [0, 0.05) is 31.7 Å². The maximum atomic E-state index is 3.77. The van der Waals surface area contributed by atoms with Crippen molar-refractivity contribution in [2.24, 2.45) is 11.8 Å². The molecule has 17 heavy (non-hydrogen) atoms. The van der Waals surface area contributed by atoms with Gasteiger partial charge in [0.2, 0.25) is 0 Å². The normalized spacial score (nSPS) is 39.7. The van der Waals surface area contributed by atoms with Crippen LogP contribution >= 0.6 is 0 Å². The fourth-order valence-corrected chi connectivity index (χ4v) is 3.73. The van der Waals surface area contributed by atoms with Crippen molar-refractivity contribution in [3.8, 4) is 0 Å². The van der Waals surface area contributed by atoms with Gasteiger partial charge >= 0.3 is 0 Å². The van der Waals surface area contributed by atoms with Crippen molar-refractivity contribution in [1.29, 1.82) is 0 Å². The van der Waals surface area contributed by atoms with Gasteiger partial charge in [-0.15, -0.1) is 0 Å². The summed E-state index contributed by atoms with van der Waals surface area (Å²) in [4.78, 5) is 2.66. The van der Waals surface area contributed by atoms with Crippen LogP contribution < -0.4 is 5.32 Å². The third-order valence-corrected chi connectivity index (χ3v) is 4.68. The summed E-state index contributed by atoms with van der Waals surface area (Å²) in [7, 11) is 0. The monoisotopic (exact) mass is 238 g/mol. The van der Waals surface area contributed by atoms with E-state index >= 15 is 0 Å². The molecule has 0 radical (unpaired) electrons. The predicted molar refractivity (Wildman–Crippen MR) is 74.2 cm³/mol. The average Bonchev–Trinajstić information content (AvgIpc) is 2.58. The van der Waals surface area contributed by atoms with Crippen LogP contribution in [0.2, 0.25) is 0 Å². The minimum absolute atomic E-state index is 0.800. The van der Waals surface area contributed by atoms with Crippen LogP contribution in [0.1, 0.15) is 52.9 Å². The van der Waals surface area contributed by atoms with E-state index in [1.54, 1.807) is 0 Å². The second-order valence-corrected chi connectivity index (χ2v) is 6.61. The van der Waals surface area contributed by atoms with Crippen LogP contribution in [-0.4, -0.2) is 36.6 Å². The molecule has 1 saturated heterocycles. The molecule has 0 aromatic carbocycles. The third kappa shape index (κ3) is 3.96. The van der Waals surface area contributed by atoms with Crippen molar-refractivity contribution in [1.82, 2.24) is 10.2 Å². The molecule has 1 heterocycles. The van der Waals surface area contributed by atoms with Crippen molar-refractivity contribution in [3.63, 3.8) is 0 Å². The molecule has 2 aliphatic rings. The van der Waals surface area contributed by atoms with Gasteiger partial charge in [0.25, 0.3) is 0 Å². The second-order valence-electron chi connectivity index (χ2n) is 6.61. The van der Waals surface area contributed by atoms with Gasteiger partial charge < -0.3 is 5.32 Å². The lowest BCUT2D eigenvalue weighted by molar-refractivity contribution is 0.244. The molecular weight excluding hydrogens is 208 g/mol. The number of nitrogens with zero attached hydrogens (tertiary/aromatic N) is 1. The smallest absolute Gasteiger partial charge is 0.0110 e. The maximum absolute atomic E-state index is 3.77. The Hall–Kier alpha value is -0.0800. The molecule has 4 atom stereocenters. The number of rotatable bonds is 4. The zero-order valence-electron chi connectivity index (χ0n) is 11.9. The lowest BCUT2D eigenvalue weighted by atomic mass is 9.87. The molecule has 2 fully saturated rings. The molecule has 1 aliphatic heterocycles. The van der Waals surface area contributed by atoms with Gasteiger partial charge in [-0.1, -0.05) is 26.7 Å². The molecular formula is C15H30N2. The minimum atomic E-state index is 0.800. The predicted octanol–water partition coefficient (Wildman–Crippen LogP) is 2.89. The molecule has 2 rings (SSSR count). The van der Waals surface area contributed by atoms with Gasteiger partial charge in [-0.05, 0) is 38.0 Å². The molecule has 0 aromatic heterocycles. The molecule has 0 aromatic rings. The van der Waals surface area contributed by atoms with Crippen LogP contribution in [0.5, 0.6) is 0 Å². The molecule has 1 aliphatic carbocycles. The van der Waals surface area contributed by atoms with E-state index in [4.69, 9.17) is 0 Å². The molecule has 1 saturated carbocycles. The number of nitrogens with one attached hydrogen (secondary N) is 1. The largest absolute Gasteiger partial charge is 0.313 e. The van der Waals surface area contributed by atoms with Gasteiger partial charge in [0.1, 0.15) is 0 Å². The quantitative estimate of drug-likeness (QED) is 0.810. The summed E-state index contributed by atoms with van der Waals surface area (Å²) < 4.78 is 0. The first-order valence-corrected chi connectivity index (χ1v) is 7.62. The summed E-state index contributed by atoms with van der Waals surface area (Å²) >= 11 is 0. The third-order valence-electron chi connectivity index (χ3n) is 4.68. The van der Waals surface area contributed by atoms with Crippen molar-refractivity contribution in [2.75, 3.05) is 19.6 Å². The van der Waals surface area contributed by atoms with E-state index < -0.39 is 0 Å². The highest BCUT2D eigenvalue weighted by molar-refractivity contribution is 4.81. The first-order chi connectivity index (χ1) is 8.15. The van der Waals surface area contributed by atoms with Crippen LogP contribution in [0.25, 0.3) is 0 Å². The van der Waals surface area contributed by atoms with Crippen molar-refractivity contribution in [2.45, 2.75) is 65.0 Å². The summed E-state index contributed by atoms with van der Waals surface area (Å²) in [6, 6.07) is 1.60. The Balaban J connectivity index is 1.62. The summed E-state index contributed by atoms with van der Waals surface area (Å²) in [5.74, 6) is 1.84.